The lowest BCUT2D eigenvalue weighted by Gasteiger charge is -1.86. The molecule has 3 nitrogen and oxygen atoms in total. The van der Waals surface area contributed by atoms with Crippen LogP contribution in [0.2, 0.25) is 0 Å². The summed E-state index contributed by atoms with van der Waals surface area (Å²) in [5.41, 5.74) is 0. The van der Waals surface area contributed by atoms with Crippen molar-refractivity contribution in [1.82, 2.24) is 0 Å². The van der Waals surface area contributed by atoms with Crippen LogP contribution in [-0.2, 0) is 9.63 Å². The first-order valence-electron chi connectivity index (χ1n) is 2.95. The van der Waals surface area contributed by atoms with Gasteiger partial charge >= 0.3 is 5.97 Å². The zero-order chi connectivity index (χ0) is 8.10. The minimum atomic E-state index is -0.543. The van der Waals surface area contributed by atoms with Gasteiger partial charge in [-0.2, -0.15) is 5.90 Å². The van der Waals surface area contributed by atoms with Gasteiger partial charge in [0.1, 0.15) is 0 Å². The molecule has 1 aromatic heterocycles. The Morgan fingerprint density at radius 2 is 2.55 bits per heavy atom. The summed E-state index contributed by atoms with van der Waals surface area (Å²) in [7, 11) is 0. The normalized spacial score (nSPS) is 10.3. The third-order valence-corrected chi connectivity index (χ3v) is 1.88. The summed E-state index contributed by atoms with van der Waals surface area (Å²) in [5.74, 6) is 4.07. The molecule has 0 bridgehead atoms. The van der Waals surface area contributed by atoms with Gasteiger partial charge in [0.2, 0.25) is 0 Å². The first-order valence-corrected chi connectivity index (χ1v) is 3.83. The van der Waals surface area contributed by atoms with Crippen LogP contribution in [0, 0.1) is 0 Å². The lowest BCUT2D eigenvalue weighted by atomic mass is 10.4. The lowest BCUT2D eigenvalue weighted by Crippen LogP contribution is -2.05. The van der Waals surface area contributed by atoms with Gasteiger partial charge in [0.05, 0.1) is 0 Å². The Balaban J connectivity index is 2.55. The van der Waals surface area contributed by atoms with Crippen LogP contribution >= 0.6 is 11.3 Å². The number of thiophene rings is 1. The minimum absolute atomic E-state index is 0.543. The predicted molar refractivity (Wildman–Crippen MR) is 43.6 cm³/mol. The standard InChI is InChI=1S/C7H7NO2S/c8-10-7(9)4-3-6-2-1-5-11-6/h1-5H,8H2/b4-3+. The van der Waals surface area contributed by atoms with Crippen molar-refractivity contribution in [1.29, 1.82) is 0 Å². The summed E-state index contributed by atoms with van der Waals surface area (Å²) >= 11 is 1.54. The van der Waals surface area contributed by atoms with Crippen LogP contribution in [0.3, 0.4) is 0 Å². The van der Waals surface area contributed by atoms with Gasteiger partial charge in [-0.1, -0.05) is 6.07 Å². The largest absolute Gasteiger partial charge is 0.370 e. The highest BCUT2D eigenvalue weighted by atomic mass is 32.1. The van der Waals surface area contributed by atoms with Crippen molar-refractivity contribution in [2.75, 3.05) is 0 Å². The number of hydrogen-bond acceptors (Lipinski definition) is 4. The van der Waals surface area contributed by atoms with E-state index in [2.05, 4.69) is 10.7 Å². The van der Waals surface area contributed by atoms with Gasteiger partial charge in [0.25, 0.3) is 0 Å². The highest BCUT2D eigenvalue weighted by molar-refractivity contribution is 7.10. The Morgan fingerprint density at radius 1 is 1.73 bits per heavy atom. The molecule has 0 saturated heterocycles. The van der Waals surface area contributed by atoms with Gasteiger partial charge in [0.15, 0.2) is 0 Å². The molecule has 0 aliphatic heterocycles. The second-order valence-corrected chi connectivity index (χ2v) is 2.76. The topological polar surface area (TPSA) is 52.3 Å². The molecular weight excluding hydrogens is 162 g/mol. The Kier molecular flexibility index (Phi) is 2.83. The molecule has 0 fully saturated rings. The van der Waals surface area contributed by atoms with Crippen LogP contribution in [0.1, 0.15) is 4.88 Å². The van der Waals surface area contributed by atoms with E-state index in [0.29, 0.717) is 0 Å². The van der Waals surface area contributed by atoms with Crippen molar-refractivity contribution in [3.8, 4) is 0 Å². The van der Waals surface area contributed by atoms with Gasteiger partial charge < -0.3 is 4.84 Å². The zero-order valence-corrected chi connectivity index (χ0v) is 6.51. The molecule has 11 heavy (non-hydrogen) atoms. The molecule has 0 saturated carbocycles. The summed E-state index contributed by atoms with van der Waals surface area (Å²) in [4.78, 5) is 15.4. The molecule has 0 aliphatic carbocycles. The monoisotopic (exact) mass is 169 g/mol. The maximum atomic E-state index is 10.5. The second-order valence-electron chi connectivity index (χ2n) is 1.79. The first-order chi connectivity index (χ1) is 5.33. The first kappa shape index (κ1) is 7.97. The van der Waals surface area contributed by atoms with Crippen molar-refractivity contribution in [2.45, 2.75) is 0 Å². The average Bonchev–Trinajstić information content (AvgIpc) is 2.52. The molecule has 1 rings (SSSR count). The van der Waals surface area contributed by atoms with Gasteiger partial charge in [-0.15, -0.1) is 11.3 Å². The third kappa shape index (κ3) is 2.53. The quantitative estimate of drug-likeness (QED) is 0.534. The minimum Gasteiger partial charge on any atom is -0.370 e. The molecule has 58 valence electrons. The predicted octanol–water partition coefficient (Wildman–Crippen LogP) is 1.18. The highest BCUT2D eigenvalue weighted by Gasteiger charge is 1.91. The molecule has 0 spiro atoms. The molecule has 0 atom stereocenters. The lowest BCUT2D eigenvalue weighted by molar-refractivity contribution is -0.138. The maximum Gasteiger partial charge on any atom is 0.349 e. The molecular formula is C7H7NO2S. The van der Waals surface area contributed by atoms with Crippen LogP contribution in [0.5, 0.6) is 0 Å². The fourth-order valence-electron chi connectivity index (χ4n) is 0.576. The molecule has 0 unspecified atom stereocenters. The van der Waals surface area contributed by atoms with E-state index >= 15 is 0 Å². The van der Waals surface area contributed by atoms with Crippen molar-refractivity contribution >= 4 is 23.4 Å². The van der Waals surface area contributed by atoms with Crippen molar-refractivity contribution in [3.05, 3.63) is 28.5 Å². The summed E-state index contributed by atoms with van der Waals surface area (Å²) in [6, 6.07) is 3.79. The Hall–Kier alpha value is -1.13. The number of hydrogen-bond donors (Lipinski definition) is 1. The highest BCUT2D eigenvalue weighted by Crippen LogP contribution is 2.09. The van der Waals surface area contributed by atoms with E-state index in [1.54, 1.807) is 6.08 Å². The SMILES string of the molecule is NOC(=O)/C=C/c1cccs1. The van der Waals surface area contributed by atoms with Crippen LogP contribution in [-0.4, -0.2) is 5.97 Å². The number of carbonyl (C=O) groups is 1. The van der Waals surface area contributed by atoms with Crippen molar-refractivity contribution in [2.24, 2.45) is 5.90 Å². The third-order valence-electron chi connectivity index (χ3n) is 1.04. The number of nitrogens with two attached hydrogens (primary N) is 1. The average molecular weight is 169 g/mol. The van der Waals surface area contributed by atoms with Crippen molar-refractivity contribution in [3.63, 3.8) is 0 Å². The fraction of sp³-hybridized carbons (Fsp3) is 0. The van der Waals surface area contributed by atoms with Crippen LogP contribution in [0.25, 0.3) is 6.08 Å². The van der Waals surface area contributed by atoms with Gasteiger partial charge in [0, 0.05) is 11.0 Å². The second kappa shape index (κ2) is 3.90. The maximum absolute atomic E-state index is 10.5. The summed E-state index contributed by atoms with van der Waals surface area (Å²) < 4.78 is 0. The van der Waals surface area contributed by atoms with E-state index < -0.39 is 5.97 Å². The molecule has 0 amide bonds. The van der Waals surface area contributed by atoms with E-state index in [4.69, 9.17) is 0 Å². The van der Waals surface area contributed by atoms with Crippen LogP contribution in [0.4, 0.5) is 0 Å². The molecule has 0 radical (unpaired) electrons. The van der Waals surface area contributed by atoms with Crippen molar-refractivity contribution < 1.29 is 9.63 Å². The number of rotatable bonds is 2. The van der Waals surface area contributed by atoms with Gasteiger partial charge in [-0.3, -0.25) is 0 Å². The summed E-state index contributed by atoms with van der Waals surface area (Å²) in [6.07, 6.45) is 2.94. The van der Waals surface area contributed by atoms with E-state index in [1.165, 1.54) is 17.4 Å². The molecule has 1 aromatic rings. The Labute approximate surface area is 68.0 Å². The molecule has 0 aliphatic rings. The summed E-state index contributed by atoms with van der Waals surface area (Å²) in [5, 5.41) is 1.92. The number of carbonyl (C=O) groups excluding carboxylic acids is 1. The van der Waals surface area contributed by atoms with E-state index in [1.807, 2.05) is 17.5 Å². The molecule has 0 aromatic carbocycles. The van der Waals surface area contributed by atoms with E-state index in [9.17, 15) is 4.79 Å². The smallest absolute Gasteiger partial charge is 0.349 e. The zero-order valence-electron chi connectivity index (χ0n) is 5.69. The Bertz CT molecular complexity index is 253. The van der Waals surface area contributed by atoms with E-state index in [-0.39, 0.29) is 0 Å². The molecule has 2 N–H and O–H groups in total. The van der Waals surface area contributed by atoms with Crippen LogP contribution < -0.4 is 5.90 Å². The van der Waals surface area contributed by atoms with Crippen LogP contribution in [0.15, 0.2) is 23.6 Å². The molecule has 1 heterocycles. The molecule has 4 heteroatoms. The van der Waals surface area contributed by atoms with Gasteiger partial charge in [-0.05, 0) is 17.5 Å². The fourth-order valence-corrected chi connectivity index (χ4v) is 1.19. The Morgan fingerprint density at radius 3 is 3.09 bits per heavy atom. The van der Waals surface area contributed by atoms with Gasteiger partial charge in [-0.25, -0.2) is 4.79 Å². The summed E-state index contributed by atoms with van der Waals surface area (Å²) in [6.45, 7) is 0. The van der Waals surface area contributed by atoms with E-state index in [0.717, 1.165) is 4.88 Å².